The molecule has 0 saturated heterocycles. The van der Waals surface area contributed by atoms with Gasteiger partial charge in [-0.3, -0.25) is 0 Å². The molecule has 0 aliphatic carbocycles. The fourth-order valence-corrected chi connectivity index (χ4v) is 1.34. The molecule has 1 aromatic carbocycles. The molecule has 0 nitrogen and oxygen atoms in total. The van der Waals surface area contributed by atoms with Crippen LogP contribution in [0.25, 0.3) is 5.57 Å². The number of alkyl halides is 1. The van der Waals surface area contributed by atoms with E-state index in [1.165, 1.54) is 11.1 Å². The van der Waals surface area contributed by atoms with E-state index in [2.05, 4.69) is 13.0 Å². The normalized spacial score (nSPS) is 11.8. The smallest absolute Gasteiger partial charge is 0.0406 e. The van der Waals surface area contributed by atoms with E-state index in [9.17, 15) is 0 Å². The zero-order valence-electron chi connectivity index (χ0n) is 7.56. The van der Waals surface area contributed by atoms with Crippen LogP contribution in [-0.4, -0.2) is 5.88 Å². The monoisotopic (exact) mass is 214 g/mol. The van der Waals surface area contributed by atoms with Crippen molar-refractivity contribution in [1.29, 1.82) is 0 Å². The fraction of sp³-hybridized carbons (Fsp3) is 0.273. The standard InChI is InChI=1S/C11H12Cl2/c1-9(3-2-8-12)10-4-6-11(13)7-5-10/h3-7H,2,8H2,1H3. The number of rotatable bonds is 3. The second-order valence-corrected chi connectivity index (χ2v) is 3.69. The van der Waals surface area contributed by atoms with Crippen molar-refractivity contribution in [3.05, 3.63) is 40.9 Å². The number of hydrogen-bond acceptors (Lipinski definition) is 0. The van der Waals surface area contributed by atoms with Crippen LogP contribution < -0.4 is 0 Å². The third-order valence-corrected chi connectivity index (χ3v) is 2.33. The number of allylic oxidation sites excluding steroid dienone is 2. The van der Waals surface area contributed by atoms with Gasteiger partial charge in [0.15, 0.2) is 0 Å². The Labute approximate surface area is 89.2 Å². The van der Waals surface area contributed by atoms with Crippen molar-refractivity contribution >= 4 is 28.8 Å². The Morgan fingerprint density at radius 3 is 2.46 bits per heavy atom. The summed E-state index contributed by atoms with van der Waals surface area (Å²) in [6, 6.07) is 7.83. The largest absolute Gasteiger partial charge is 0.126 e. The van der Waals surface area contributed by atoms with Crippen LogP contribution >= 0.6 is 23.2 Å². The van der Waals surface area contributed by atoms with Gasteiger partial charge in [0, 0.05) is 10.9 Å². The number of halogens is 2. The second kappa shape index (κ2) is 5.31. The molecular weight excluding hydrogens is 203 g/mol. The Bertz CT molecular complexity index is 285. The summed E-state index contributed by atoms with van der Waals surface area (Å²) in [5.41, 5.74) is 2.45. The quantitative estimate of drug-likeness (QED) is 0.656. The summed E-state index contributed by atoms with van der Waals surface area (Å²) in [7, 11) is 0. The molecule has 0 spiro atoms. The lowest BCUT2D eigenvalue weighted by Gasteiger charge is -2.00. The van der Waals surface area contributed by atoms with E-state index in [0.29, 0.717) is 5.88 Å². The minimum Gasteiger partial charge on any atom is -0.126 e. The van der Waals surface area contributed by atoms with Gasteiger partial charge in [0.05, 0.1) is 0 Å². The van der Waals surface area contributed by atoms with Gasteiger partial charge in [0.2, 0.25) is 0 Å². The summed E-state index contributed by atoms with van der Waals surface area (Å²) < 4.78 is 0. The van der Waals surface area contributed by atoms with Crippen molar-refractivity contribution in [1.82, 2.24) is 0 Å². The van der Waals surface area contributed by atoms with Gasteiger partial charge >= 0.3 is 0 Å². The lowest BCUT2D eigenvalue weighted by atomic mass is 10.1. The van der Waals surface area contributed by atoms with E-state index in [1.54, 1.807) is 0 Å². The first-order valence-electron chi connectivity index (χ1n) is 4.22. The molecule has 0 saturated carbocycles. The van der Waals surface area contributed by atoms with Gasteiger partial charge in [-0.05, 0) is 36.6 Å². The third-order valence-electron chi connectivity index (χ3n) is 1.86. The second-order valence-electron chi connectivity index (χ2n) is 2.87. The average Bonchev–Trinajstić information content (AvgIpc) is 2.15. The molecule has 0 fully saturated rings. The van der Waals surface area contributed by atoms with E-state index in [0.717, 1.165) is 11.4 Å². The van der Waals surface area contributed by atoms with Crippen LogP contribution in [0.1, 0.15) is 18.9 Å². The Morgan fingerprint density at radius 2 is 1.92 bits per heavy atom. The highest BCUT2D eigenvalue weighted by molar-refractivity contribution is 6.30. The van der Waals surface area contributed by atoms with Gasteiger partial charge in [0.25, 0.3) is 0 Å². The Morgan fingerprint density at radius 1 is 1.31 bits per heavy atom. The predicted molar refractivity (Wildman–Crippen MR) is 60.4 cm³/mol. The molecule has 1 rings (SSSR count). The van der Waals surface area contributed by atoms with E-state index < -0.39 is 0 Å². The minimum atomic E-state index is 0.672. The lowest BCUT2D eigenvalue weighted by Crippen LogP contribution is -1.79. The van der Waals surface area contributed by atoms with Crippen LogP contribution in [0.3, 0.4) is 0 Å². The van der Waals surface area contributed by atoms with Crippen LogP contribution in [0, 0.1) is 0 Å². The van der Waals surface area contributed by atoms with E-state index in [4.69, 9.17) is 23.2 Å². The van der Waals surface area contributed by atoms with Gasteiger partial charge in [-0.15, -0.1) is 11.6 Å². The molecule has 0 bridgehead atoms. The summed E-state index contributed by atoms with van der Waals surface area (Å²) in [6.45, 7) is 2.08. The zero-order chi connectivity index (χ0) is 9.68. The molecule has 0 radical (unpaired) electrons. The number of benzene rings is 1. The maximum atomic E-state index is 5.78. The van der Waals surface area contributed by atoms with Gasteiger partial charge in [0.1, 0.15) is 0 Å². The first-order valence-corrected chi connectivity index (χ1v) is 5.14. The van der Waals surface area contributed by atoms with Gasteiger partial charge in [-0.2, -0.15) is 0 Å². The van der Waals surface area contributed by atoms with Gasteiger partial charge in [-0.1, -0.05) is 29.8 Å². The first kappa shape index (κ1) is 10.6. The van der Waals surface area contributed by atoms with Crippen molar-refractivity contribution < 1.29 is 0 Å². The summed E-state index contributed by atoms with van der Waals surface area (Å²) >= 11 is 11.4. The molecule has 0 aliphatic heterocycles. The molecule has 2 heteroatoms. The topological polar surface area (TPSA) is 0 Å². The Balaban J connectivity index is 2.77. The highest BCUT2D eigenvalue weighted by Crippen LogP contribution is 2.17. The molecule has 1 aromatic rings. The average molecular weight is 215 g/mol. The summed E-state index contributed by atoms with van der Waals surface area (Å²) in [5.74, 6) is 0.672. The van der Waals surface area contributed by atoms with Crippen LogP contribution in [-0.2, 0) is 0 Å². The van der Waals surface area contributed by atoms with Crippen LogP contribution in [0.4, 0.5) is 0 Å². The molecule has 0 atom stereocenters. The Kier molecular flexibility index (Phi) is 4.34. The van der Waals surface area contributed by atoms with Crippen LogP contribution in [0.2, 0.25) is 5.02 Å². The van der Waals surface area contributed by atoms with Crippen molar-refractivity contribution in [2.75, 3.05) is 5.88 Å². The molecule has 0 aromatic heterocycles. The van der Waals surface area contributed by atoms with E-state index >= 15 is 0 Å². The molecule has 0 N–H and O–H groups in total. The van der Waals surface area contributed by atoms with E-state index in [-0.39, 0.29) is 0 Å². The first-order chi connectivity index (χ1) is 6.24. The lowest BCUT2D eigenvalue weighted by molar-refractivity contribution is 1.23. The maximum Gasteiger partial charge on any atom is 0.0406 e. The zero-order valence-corrected chi connectivity index (χ0v) is 9.07. The summed E-state index contributed by atoms with van der Waals surface area (Å²) in [6.07, 6.45) is 3.05. The Hall–Kier alpha value is -0.460. The van der Waals surface area contributed by atoms with Crippen molar-refractivity contribution in [3.63, 3.8) is 0 Å². The van der Waals surface area contributed by atoms with Crippen LogP contribution in [0.5, 0.6) is 0 Å². The van der Waals surface area contributed by atoms with Crippen LogP contribution in [0.15, 0.2) is 30.3 Å². The maximum absolute atomic E-state index is 5.78. The molecular formula is C11H12Cl2. The summed E-state index contributed by atoms with van der Waals surface area (Å²) in [4.78, 5) is 0. The van der Waals surface area contributed by atoms with Gasteiger partial charge < -0.3 is 0 Å². The molecule has 0 heterocycles. The molecule has 13 heavy (non-hydrogen) atoms. The SMILES string of the molecule is CC(=CCCCl)c1ccc(Cl)cc1. The number of hydrogen-bond donors (Lipinski definition) is 0. The highest BCUT2D eigenvalue weighted by Gasteiger charge is 1.94. The molecule has 0 unspecified atom stereocenters. The third kappa shape index (κ3) is 3.41. The molecule has 0 aliphatic rings. The fourth-order valence-electron chi connectivity index (χ4n) is 1.10. The summed E-state index contributed by atoms with van der Waals surface area (Å²) in [5, 5.41) is 0.772. The predicted octanol–water partition coefficient (Wildman–Crippen LogP) is 4.37. The molecule has 0 amide bonds. The highest BCUT2D eigenvalue weighted by atomic mass is 35.5. The van der Waals surface area contributed by atoms with Crippen molar-refractivity contribution in [2.24, 2.45) is 0 Å². The van der Waals surface area contributed by atoms with Crippen molar-refractivity contribution in [3.8, 4) is 0 Å². The van der Waals surface area contributed by atoms with Crippen molar-refractivity contribution in [2.45, 2.75) is 13.3 Å². The molecule has 70 valence electrons. The van der Waals surface area contributed by atoms with Gasteiger partial charge in [-0.25, -0.2) is 0 Å². The van der Waals surface area contributed by atoms with E-state index in [1.807, 2.05) is 24.3 Å². The minimum absolute atomic E-state index is 0.672.